The van der Waals surface area contributed by atoms with Gasteiger partial charge < -0.3 is 14.3 Å². The molecule has 0 unspecified atom stereocenters. The minimum Gasteiger partial charge on any atom is -0.468 e. The van der Waals surface area contributed by atoms with Crippen LogP contribution in [0.15, 0.2) is 86.8 Å². The lowest BCUT2D eigenvalue weighted by molar-refractivity contribution is -0.116. The second-order valence-corrected chi connectivity index (χ2v) is 8.62. The predicted octanol–water partition coefficient (Wildman–Crippen LogP) is 3.38. The van der Waals surface area contributed by atoms with Crippen molar-refractivity contribution in [2.24, 2.45) is 0 Å². The van der Waals surface area contributed by atoms with E-state index in [-0.39, 0.29) is 30.2 Å². The number of carbonyl (C=O) groups excluding carboxylic acids is 1. The SMILES string of the molecule is O=C(CCc1nc(-c2ccccc2)no1)Nc1ccc(S(=O)(=O)NCc2ccco2)cc1. The second-order valence-electron chi connectivity index (χ2n) is 6.85. The third kappa shape index (κ3) is 5.48. The number of amides is 1. The molecule has 2 aromatic heterocycles. The van der Waals surface area contributed by atoms with Gasteiger partial charge in [-0.05, 0) is 36.4 Å². The summed E-state index contributed by atoms with van der Waals surface area (Å²) < 4.78 is 37.5. The van der Waals surface area contributed by atoms with Crippen molar-refractivity contribution in [3.8, 4) is 11.4 Å². The van der Waals surface area contributed by atoms with E-state index < -0.39 is 10.0 Å². The highest BCUT2D eigenvalue weighted by Crippen LogP contribution is 2.17. The number of rotatable bonds is 9. The molecule has 1 amide bonds. The van der Waals surface area contributed by atoms with Crippen molar-refractivity contribution < 1.29 is 22.2 Å². The lowest BCUT2D eigenvalue weighted by Crippen LogP contribution is -2.23. The summed E-state index contributed by atoms with van der Waals surface area (Å²) in [4.78, 5) is 16.6. The molecule has 0 atom stereocenters. The highest BCUT2D eigenvalue weighted by atomic mass is 32.2. The molecule has 0 saturated heterocycles. The van der Waals surface area contributed by atoms with Gasteiger partial charge in [-0.1, -0.05) is 35.5 Å². The van der Waals surface area contributed by atoms with Crippen molar-refractivity contribution in [1.82, 2.24) is 14.9 Å². The van der Waals surface area contributed by atoms with Crippen LogP contribution < -0.4 is 10.0 Å². The number of nitrogens with one attached hydrogen (secondary N) is 2. The lowest BCUT2D eigenvalue weighted by atomic mass is 10.2. The number of hydrogen-bond donors (Lipinski definition) is 2. The first-order chi connectivity index (χ1) is 15.5. The molecule has 2 N–H and O–H groups in total. The van der Waals surface area contributed by atoms with E-state index in [0.29, 0.717) is 23.2 Å². The summed E-state index contributed by atoms with van der Waals surface area (Å²) in [6.07, 6.45) is 1.90. The maximum Gasteiger partial charge on any atom is 0.240 e. The molecule has 0 saturated carbocycles. The normalized spacial score (nSPS) is 11.4. The van der Waals surface area contributed by atoms with Crippen molar-refractivity contribution in [3.05, 3.63) is 84.6 Å². The molecule has 4 aromatic rings. The van der Waals surface area contributed by atoms with Crippen LogP contribution in [0.2, 0.25) is 0 Å². The van der Waals surface area contributed by atoms with Gasteiger partial charge in [-0.2, -0.15) is 4.98 Å². The van der Waals surface area contributed by atoms with Crippen LogP contribution in [0, 0.1) is 0 Å². The van der Waals surface area contributed by atoms with E-state index in [0.717, 1.165) is 5.56 Å². The monoisotopic (exact) mass is 452 g/mol. The van der Waals surface area contributed by atoms with Crippen molar-refractivity contribution >= 4 is 21.6 Å². The van der Waals surface area contributed by atoms with Gasteiger partial charge >= 0.3 is 0 Å². The largest absolute Gasteiger partial charge is 0.468 e. The Morgan fingerprint density at radius 2 is 1.75 bits per heavy atom. The van der Waals surface area contributed by atoms with E-state index >= 15 is 0 Å². The molecule has 0 aliphatic heterocycles. The van der Waals surface area contributed by atoms with Crippen LogP contribution in [0.3, 0.4) is 0 Å². The summed E-state index contributed by atoms with van der Waals surface area (Å²) in [5, 5.41) is 6.65. The molecular weight excluding hydrogens is 432 g/mol. The first kappa shape index (κ1) is 21.5. The van der Waals surface area contributed by atoms with Crippen LogP contribution in [0.25, 0.3) is 11.4 Å². The van der Waals surface area contributed by atoms with E-state index in [4.69, 9.17) is 8.94 Å². The average molecular weight is 452 g/mol. The molecule has 0 aliphatic carbocycles. The fourth-order valence-corrected chi connectivity index (χ4v) is 3.88. The Morgan fingerprint density at radius 1 is 0.969 bits per heavy atom. The van der Waals surface area contributed by atoms with E-state index in [1.807, 2.05) is 30.3 Å². The molecule has 4 rings (SSSR count). The summed E-state index contributed by atoms with van der Waals surface area (Å²) in [5.74, 6) is 1.09. The first-order valence-electron chi connectivity index (χ1n) is 9.79. The zero-order chi connectivity index (χ0) is 22.4. The van der Waals surface area contributed by atoms with Crippen molar-refractivity contribution in [3.63, 3.8) is 0 Å². The predicted molar refractivity (Wildman–Crippen MR) is 116 cm³/mol. The quantitative estimate of drug-likeness (QED) is 0.398. The van der Waals surface area contributed by atoms with Crippen LogP contribution in [-0.4, -0.2) is 24.5 Å². The van der Waals surface area contributed by atoms with E-state index in [1.165, 1.54) is 30.5 Å². The number of anilines is 1. The summed E-state index contributed by atoms with van der Waals surface area (Å²) in [7, 11) is -3.70. The van der Waals surface area contributed by atoms with Gasteiger partial charge in [0.1, 0.15) is 5.76 Å². The molecule has 0 spiro atoms. The van der Waals surface area contributed by atoms with Gasteiger partial charge in [0.2, 0.25) is 27.6 Å². The van der Waals surface area contributed by atoms with Crippen LogP contribution in [-0.2, 0) is 27.8 Å². The fourth-order valence-electron chi connectivity index (χ4n) is 2.88. The summed E-state index contributed by atoms with van der Waals surface area (Å²) >= 11 is 0. The molecule has 32 heavy (non-hydrogen) atoms. The van der Waals surface area contributed by atoms with Crippen molar-refractivity contribution in [2.75, 3.05) is 5.32 Å². The molecule has 0 aliphatic rings. The Kier molecular flexibility index (Phi) is 6.43. The third-order valence-corrected chi connectivity index (χ3v) is 5.95. The second kappa shape index (κ2) is 9.58. The smallest absolute Gasteiger partial charge is 0.240 e. The molecule has 0 fully saturated rings. The number of carbonyl (C=O) groups is 1. The Balaban J connectivity index is 1.29. The van der Waals surface area contributed by atoms with Crippen LogP contribution >= 0.6 is 0 Å². The fraction of sp³-hybridized carbons (Fsp3) is 0.136. The van der Waals surface area contributed by atoms with Gasteiger partial charge in [0.05, 0.1) is 17.7 Å². The number of hydrogen-bond acceptors (Lipinski definition) is 7. The topological polar surface area (TPSA) is 127 Å². The van der Waals surface area contributed by atoms with Gasteiger partial charge in [-0.3, -0.25) is 4.79 Å². The number of aromatic nitrogens is 2. The van der Waals surface area contributed by atoms with Crippen LogP contribution in [0.5, 0.6) is 0 Å². The summed E-state index contributed by atoms with van der Waals surface area (Å²) in [6.45, 7) is 0.0511. The highest BCUT2D eigenvalue weighted by Gasteiger charge is 2.15. The molecule has 164 valence electrons. The van der Waals surface area contributed by atoms with Gasteiger partial charge in [0.15, 0.2) is 0 Å². The summed E-state index contributed by atoms with van der Waals surface area (Å²) in [5.41, 5.74) is 1.32. The Hall–Kier alpha value is -3.76. The standard InChI is InChI=1S/C22H20N4O5S/c27-20(12-13-21-25-22(26-31-21)16-5-2-1-3-6-16)24-17-8-10-19(11-9-17)32(28,29)23-15-18-7-4-14-30-18/h1-11,14,23H,12-13,15H2,(H,24,27). The maximum absolute atomic E-state index is 12.4. The van der Waals surface area contributed by atoms with Crippen LogP contribution in [0.1, 0.15) is 18.1 Å². The van der Waals surface area contributed by atoms with Gasteiger partial charge in [-0.25, -0.2) is 13.1 Å². The molecule has 2 heterocycles. The van der Waals surface area contributed by atoms with E-state index in [9.17, 15) is 13.2 Å². The zero-order valence-corrected chi connectivity index (χ0v) is 17.7. The number of furan rings is 1. The first-order valence-corrected chi connectivity index (χ1v) is 11.3. The molecule has 0 radical (unpaired) electrons. The van der Waals surface area contributed by atoms with Gasteiger partial charge in [0.25, 0.3) is 0 Å². The van der Waals surface area contributed by atoms with Gasteiger partial charge in [-0.15, -0.1) is 0 Å². The number of aryl methyl sites for hydroxylation is 1. The minimum atomic E-state index is -3.70. The lowest BCUT2D eigenvalue weighted by Gasteiger charge is -2.08. The highest BCUT2D eigenvalue weighted by molar-refractivity contribution is 7.89. The Labute approximate surface area is 184 Å². The van der Waals surface area contributed by atoms with Crippen LogP contribution in [0.4, 0.5) is 5.69 Å². The Bertz CT molecular complexity index is 1270. The number of nitrogens with zero attached hydrogens (tertiary/aromatic N) is 2. The van der Waals surface area contributed by atoms with Gasteiger partial charge in [0, 0.05) is 24.1 Å². The van der Waals surface area contributed by atoms with E-state index in [2.05, 4.69) is 20.2 Å². The molecule has 9 nitrogen and oxygen atoms in total. The minimum absolute atomic E-state index is 0.0511. The average Bonchev–Trinajstić information content (AvgIpc) is 3.50. The van der Waals surface area contributed by atoms with Crippen molar-refractivity contribution in [2.45, 2.75) is 24.3 Å². The van der Waals surface area contributed by atoms with Crippen molar-refractivity contribution in [1.29, 1.82) is 0 Å². The maximum atomic E-state index is 12.4. The molecule has 10 heteroatoms. The number of sulfonamides is 1. The third-order valence-electron chi connectivity index (χ3n) is 4.53. The molecule has 0 bridgehead atoms. The molecule has 2 aromatic carbocycles. The summed E-state index contributed by atoms with van der Waals surface area (Å²) in [6, 6.07) is 18.7. The molecular formula is C22H20N4O5S. The Morgan fingerprint density at radius 3 is 2.47 bits per heavy atom. The zero-order valence-electron chi connectivity index (χ0n) is 16.9. The van der Waals surface area contributed by atoms with E-state index in [1.54, 1.807) is 12.1 Å². The number of benzene rings is 2.